The molecule has 0 spiro atoms. The number of nitro groups is 1. The Kier molecular flexibility index (Phi) is 5.18. The van der Waals surface area contributed by atoms with Crippen molar-refractivity contribution < 1.29 is 9.72 Å². The fourth-order valence-corrected chi connectivity index (χ4v) is 2.42. The molecule has 26 heavy (non-hydrogen) atoms. The van der Waals surface area contributed by atoms with Gasteiger partial charge in [-0.3, -0.25) is 14.9 Å². The molecule has 2 N–H and O–H groups in total. The molecule has 0 radical (unpaired) electrons. The molecule has 0 bridgehead atoms. The summed E-state index contributed by atoms with van der Waals surface area (Å²) < 4.78 is 1.56. The van der Waals surface area contributed by atoms with Gasteiger partial charge in [-0.15, -0.1) is 0 Å². The number of hydrogen-bond donors (Lipinski definition) is 2. The molecule has 2 aromatic carbocycles. The lowest BCUT2D eigenvalue weighted by molar-refractivity contribution is -0.384. The zero-order chi connectivity index (χ0) is 18.4. The van der Waals surface area contributed by atoms with Crippen LogP contribution in [0.2, 0.25) is 0 Å². The number of benzene rings is 2. The number of nitrogens with one attached hydrogen (secondary N) is 2. The minimum absolute atomic E-state index is 0.0237. The first-order valence-electron chi connectivity index (χ1n) is 7.86. The average molecular weight is 352 g/mol. The van der Waals surface area contributed by atoms with Crippen LogP contribution in [0, 0.1) is 10.1 Å². The highest BCUT2D eigenvalue weighted by Gasteiger charge is 2.13. The number of para-hydroxylation sites is 4. The van der Waals surface area contributed by atoms with Gasteiger partial charge in [0, 0.05) is 19.0 Å². The molecule has 1 aromatic heterocycles. The zero-order valence-corrected chi connectivity index (χ0v) is 13.7. The van der Waals surface area contributed by atoms with Gasteiger partial charge in [0.25, 0.3) is 5.69 Å². The van der Waals surface area contributed by atoms with Crippen LogP contribution in [0.15, 0.2) is 61.2 Å². The summed E-state index contributed by atoms with van der Waals surface area (Å²) in [6.45, 7) is 0.266. The summed E-state index contributed by atoms with van der Waals surface area (Å²) in [4.78, 5) is 26.6. The molecule has 0 atom stereocenters. The second-order valence-electron chi connectivity index (χ2n) is 5.36. The molecule has 0 fully saturated rings. The Morgan fingerprint density at radius 3 is 2.58 bits per heavy atom. The maximum atomic E-state index is 12.2. The Labute approximate surface area is 148 Å². The van der Waals surface area contributed by atoms with Crippen molar-refractivity contribution in [3.05, 3.63) is 71.3 Å². The van der Waals surface area contributed by atoms with Crippen molar-refractivity contribution in [2.45, 2.75) is 6.42 Å². The summed E-state index contributed by atoms with van der Waals surface area (Å²) in [5.74, 6) is -0.219. The lowest BCUT2D eigenvalue weighted by Crippen LogP contribution is -2.17. The number of nitrogens with zero attached hydrogens (tertiary/aromatic N) is 4. The summed E-state index contributed by atoms with van der Waals surface area (Å²) in [7, 11) is 0. The van der Waals surface area contributed by atoms with Crippen molar-refractivity contribution in [2.24, 2.45) is 0 Å². The molecular weight excluding hydrogens is 336 g/mol. The van der Waals surface area contributed by atoms with Gasteiger partial charge in [0.15, 0.2) is 0 Å². The first kappa shape index (κ1) is 17.1. The van der Waals surface area contributed by atoms with Gasteiger partial charge in [-0.05, 0) is 18.2 Å². The van der Waals surface area contributed by atoms with E-state index < -0.39 is 4.92 Å². The highest BCUT2D eigenvalue weighted by molar-refractivity contribution is 5.93. The smallest absolute Gasteiger partial charge is 0.292 e. The molecule has 0 saturated heterocycles. The first-order chi connectivity index (χ1) is 12.6. The average Bonchev–Trinajstić information content (AvgIpc) is 3.17. The summed E-state index contributed by atoms with van der Waals surface area (Å²) in [5, 5.41) is 20.8. The van der Waals surface area contributed by atoms with Gasteiger partial charge < -0.3 is 10.6 Å². The van der Waals surface area contributed by atoms with E-state index in [2.05, 4.69) is 20.7 Å². The molecule has 0 saturated carbocycles. The van der Waals surface area contributed by atoms with Crippen LogP contribution in [0.1, 0.15) is 6.42 Å². The molecule has 132 valence electrons. The van der Waals surface area contributed by atoms with Crippen LogP contribution in [0.3, 0.4) is 0 Å². The van der Waals surface area contributed by atoms with Crippen LogP contribution in [0.25, 0.3) is 5.69 Å². The normalized spacial score (nSPS) is 10.3. The fourth-order valence-electron chi connectivity index (χ4n) is 2.42. The maximum absolute atomic E-state index is 12.2. The third-order valence-corrected chi connectivity index (χ3v) is 3.61. The number of hydrogen-bond acceptors (Lipinski definition) is 6. The van der Waals surface area contributed by atoms with Crippen LogP contribution in [-0.2, 0) is 4.79 Å². The molecule has 0 aliphatic rings. The third kappa shape index (κ3) is 4.01. The van der Waals surface area contributed by atoms with E-state index in [0.29, 0.717) is 17.1 Å². The van der Waals surface area contributed by atoms with Crippen molar-refractivity contribution in [3.8, 4) is 5.69 Å². The van der Waals surface area contributed by atoms with Crippen molar-refractivity contribution >= 4 is 23.0 Å². The van der Waals surface area contributed by atoms with E-state index in [1.165, 1.54) is 12.4 Å². The topological polar surface area (TPSA) is 115 Å². The van der Waals surface area contributed by atoms with E-state index in [0.717, 1.165) is 0 Å². The molecular formula is C17H16N6O3. The van der Waals surface area contributed by atoms with Crippen LogP contribution in [-0.4, -0.2) is 32.1 Å². The zero-order valence-electron chi connectivity index (χ0n) is 13.7. The summed E-state index contributed by atoms with van der Waals surface area (Å²) in [5.41, 5.74) is 1.66. The molecule has 0 aliphatic heterocycles. The van der Waals surface area contributed by atoms with Gasteiger partial charge in [0.1, 0.15) is 18.3 Å². The Morgan fingerprint density at radius 2 is 1.85 bits per heavy atom. The number of anilines is 2. The van der Waals surface area contributed by atoms with Gasteiger partial charge in [-0.25, -0.2) is 9.67 Å². The monoisotopic (exact) mass is 352 g/mol. The number of amides is 1. The van der Waals surface area contributed by atoms with Gasteiger partial charge in [0.05, 0.1) is 16.3 Å². The first-order valence-corrected chi connectivity index (χ1v) is 7.86. The standard InChI is InChI=1S/C17H16N6O3/c24-17(9-10-19-13-5-1-4-8-16(13)23(25)26)21-14-6-2-3-7-15(14)22-12-18-11-20-22/h1-8,11-12,19H,9-10H2,(H,21,24). The molecule has 3 rings (SSSR count). The van der Waals surface area contributed by atoms with Crippen molar-refractivity contribution in [1.29, 1.82) is 0 Å². The fraction of sp³-hybridized carbons (Fsp3) is 0.118. The molecule has 1 heterocycles. The van der Waals surface area contributed by atoms with E-state index >= 15 is 0 Å². The second-order valence-corrected chi connectivity index (χ2v) is 5.36. The number of rotatable bonds is 7. The quantitative estimate of drug-likeness (QED) is 0.499. The second kappa shape index (κ2) is 7.88. The highest BCUT2D eigenvalue weighted by Crippen LogP contribution is 2.23. The number of aromatic nitrogens is 3. The van der Waals surface area contributed by atoms with E-state index in [1.54, 1.807) is 35.3 Å². The highest BCUT2D eigenvalue weighted by atomic mass is 16.6. The minimum Gasteiger partial charge on any atom is -0.379 e. The van der Waals surface area contributed by atoms with Gasteiger partial charge in [0.2, 0.25) is 5.91 Å². The van der Waals surface area contributed by atoms with Crippen LogP contribution < -0.4 is 10.6 Å². The largest absolute Gasteiger partial charge is 0.379 e. The third-order valence-electron chi connectivity index (χ3n) is 3.61. The molecule has 1 amide bonds. The Morgan fingerprint density at radius 1 is 1.12 bits per heavy atom. The number of carbonyl (C=O) groups is 1. The summed E-state index contributed by atoms with van der Waals surface area (Å²) >= 11 is 0. The van der Waals surface area contributed by atoms with E-state index in [4.69, 9.17) is 0 Å². The predicted octanol–water partition coefficient (Wildman–Crippen LogP) is 2.62. The molecule has 3 aromatic rings. The minimum atomic E-state index is -0.462. The van der Waals surface area contributed by atoms with E-state index in [1.807, 2.05) is 18.2 Å². The SMILES string of the molecule is O=C(CCNc1ccccc1[N+](=O)[O-])Nc1ccccc1-n1cncn1. The Hall–Kier alpha value is -3.75. The van der Waals surface area contributed by atoms with Gasteiger partial charge >= 0.3 is 0 Å². The molecule has 0 aliphatic carbocycles. The number of carbonyl (C=O) groups excluding carboxylic acids is 1. The van der Waals surface area contributed by atoms with Gasteiger partial charge in [-0.1, -0.05) is 24.3 Å². The van der Waals surface area contributed by atoms with E-state index in [-0.39, 0.29) is 24.6 Å². The van der Waals surface area contributed by atoms with Gasteiger partial charge in [-0.2, -0.15) is 5.10 Å². The summed E-state index contributed by atoms with van der Waals surface area (Å²) in [6, 6.07) is 13.5. The lowest BCUT2D eigenvalue weighted by atomic mass is 10.2. The predicted molar refractivity (Wildman–Crippen MR) is 96.2 cm³/mol. The summed E-state index contributed by atoms with van der Waals surface area (Å²) in [6.07, 6.45) is 3.11. The number of nitro benzene ring substituents is 1. The Balaban J connectivity index is 1.60. The van der Waals surface area contributed by atoms with Crippen molar-refractivity contribution in [1.82, 2.24) is 14.8 Å². The van der Waals surface area contributed by atoms with Crippen molar-refractivity contribution in [3.63, 3.8) is 0 Å². The molecule has 9 nitrogen and oxygen atoms in total. The van der Waals surface area contributed by atoms with Crippen LogP contribution >= 0.6 is 0 Å². The lowest BCUT2D eigenvalue weighted by Gasteiger charge is -2.11. The van der Waals surface area contributed by atoms with Crippen molar-refractivity contribution in [2.75, 3.05) is 17.2 Å². The van der Waals surface area contributed by atoms with Crippen LogP contribution in [0.4, 0.5) is 17.1 Å². The Bertz CT molecular complexity index is 910. The van der Waals surface area contributed by atoms with Crippen LogP contribution in [0.5, 0.6) is 0 Å². The molecule has 9 heteroatoms. The van der Waals surface area contributed by atoms with E-state index in [9.17, 15) is 14.9 Å². The molecule has 0 unspecified atom stereocenters. The maximum Gasteiger partial charge on any atom is 0.292 e.